The summed E-state index contributed by atoms with van der Waals surface area (Å²) < 4.78 is 10.7. The van der Waals surface area contributed by atoms with Crippen LogP contribution in [0.1, 0.15) is 147 Å². The van der Waals surface area contributed by atoms with E-state index in [4.69, 9.17) is 14.7 Å². The maximum atomic E-state index is 10.7. The Bertz CT molecular complexity index is 4340. The molecule has 6 N–H and O–H groups in total. The number of carbonyl (C=O) groups excluding carboxylic acids is 2. The number of aliphatic imine (C=N–C) groups is 2. The van der Waals surface area contributed by atoms with Crippen molar-refractivity contribution in [1.29, 1.82) is 15.8 Å². The summed E-state index contributed by atoms with van der Waals surface area (Å²) in [5.41, 5.74) is 13.8. The Hall–Kier alpha value is -11.9. The van der Waals surface area contributed by atoms with Gasteiger partial charge in [-0.1, -0.05) is 191 Å². The van der Waals surface area contributed by atoms with Gasteiger partial charge in [-0.15, -0.1) is 10.5 Å². The first-order chi connectivity index (χ1) is 46.5. The molecule has 0 aliphatic carbocycles. The first-order valence-electron chi connectivity index (χ1n) is 31.1. The molecule has 16 heteroatoms. The van der Waals surface area contributed by atoms with E-state index in [1.165, 1.54) is 5.53 Å². The quantitative estimate of drug-likeness (QED) is 0.0265. The number of phenols is 6. The lowest BCUT2D eigenvalue weighted by Gasteiger charge is -2.28. The smallest absolute Gasteiger partial charge is 0.292 e. The van der Waals surface area contributed by atoms with Gasteiger partial charge in [-0.25, -0.2) is 9.59 Å². The van der Waals surface area contributed by atoms with E-state index in [1.54, 1.807) is 122 Å². The summed E-state index contributed by atoms with van der Waals surface area (Å²) in [5.74, 6) is 2.15. The lowest BCUT2D eigenvalue weighted by atomic mass is 9.76. The fraction of sp³-hybridized carbons (Fsp3) is 0.207. The molecule has 0 bridgehead atoms. The highest BCUT2D eigenvalue weighted by molar-refractivity contribution is 6.28. The second-order valence-corrected chi connectivity index (χ2v) is 26.1. The number of aromatic hydroxyl groups is 6. The molecule has 0 unspecified atom stereocenters. The van der Waals surface area contributed by atoms with Crippen LogP contribution in [-0.2, 0) is 49.5 Å². The van der Waals surface area contributed by atoms with Gasteiger partial charge in [-0.3, -0.25) is 0 Å². The molecule has 0 atom stereocenters. The molecule has 0 fully saturated rings. The Kier molecular flexibility index (Phi) is 24.0. The van der Waals surface area contributed by atoms with Gasteiger partial charge in [0.2, 0.25) is 12.2 Å². The first-order valence-corrected chi connectivity index (χ1v) is 31.5. The number of nitriles is 3. The Labute approximate surface area is 577 Å². The standard InChI is InChI=1S/C35H28N4O4.C31H32O4.C15H16O2.CClN/c1-34(2,26-5-11-30(12-6-26)38-22-40)28-9-15-32(42-20-36)24(18-28)17-25-19-29(10-16-33(25)43-21-37)35(3,4)27-7-13-31(14-8-27)39-23-41;1-30(2,22-5-11-26(32)12-6-22)24-9-15-28(34)20(18-24)17-21-19-25(10-16-29(21)35)31(3,4)23-7-13-27(33)14-8-23;1-15(2,11-3-7-13(16)8-4-11)12-5-9-14(17)10-6-12;2-1-3/h5-16,18-19H,17H2,1-4H3;5-16,18-19,32-35H,17H2,1-4H3;3-10,16-17H,1-2H3;. The van der Waals surface area contributed by atoms with Crippen molar-refractivity contribution in [1.82, 2.24) is 0 Å². The number of phenolic OH excluding ortho intramolecular Hbond substituents is 6. The highest BCUT2D eigenvalue weighted by atomic mass is 35.5. The minimum Gasteiger partial charge on any atom is -0.508 e. The highest BCUT2D eigenvalue weighted by Crippen LogP contribution is 2.42. The third kappa shape index (κ3) is 17.9. The van der Waals surface area contributed by atoms with Crippen molar-refractivity contribution in [2.45, 2.75) is 109 Å². The van der Waals surface area contributed by atoms with Crippen molar-refractivity contribution >= 4 is 35.1 Å². The monoisotopic (exact) mass is 1330 g/mol. The van der Waals surface area contributed by atoms with Gasteiger partial charge in [0.25, 0.3) is 12.5 Å². The zero-order chi connectivity index (χ0) is 71.6. The molecule has 0 aliphatic heterocycles. The normalized spacial score (nSPS) is 11.1. The van der Waals surface area contributed by atoms with Crippen molar-refractivity contribution in [3.63, 3.8) is 0 Å². The average Bonchev–Trinajstić information content (AvgIpc) is 0.799. The second-order valence-electron chi connectivity index (χ2n) is 26.0. The third-order valence-electron chi connectivity index (χ3n) is 18.1. The van der Waals surface area contributed by atoms with Crippen molar-refractivity contribution in [2.24, 2.45) is 9.98 Å². The summed E-state index contributed by atoms with van der Waals surface area (Å²) in [6.45, 7) is 21.0. The first kappa shape index (κ1) is 73.5. The topological polar surface area (TPSA) is 270 Å². The number of hydrogen-bond donors (Lipinski definition) is 6. The molecule has 10 aromatic carbocycles. The molecule has 10 aromatic rings. The molecule has 0 heterocycles. The van der Waals surface area contributed by atoms with Gasteiger partial charge in [-0.2, -0.15) is 15.2 Å². The maximum absolute atomic E-state index is 10.7. The van der Waals surface area contributed by atoms with E-state index in [9.17, 15) is 50.8 Å². The van der Waals surface area contributed by atoms with Crippen LogP contribution in [0.25, 0.3) is 0 Å². The largest absolute Gasteiger partial charge is 0.508 e. The fourth-order valence-electron chi connectivity index (χ4n) is 11.5. The summed E-state index contributed by atoms with van der Waals surface area (Å²) in [4.78, 5) is 28.6. The minimum absolute atomic E-state index is 0.151. The number of isocyanates is 2. The van der Waals surface area contributed by atoms with Crippen LogP contribution in [0.2, 0.25) is 0 Å². The van der Waals surface area contributed by atoms with Gasteiger partial charge in [0.15, 0.2) is 5.53 Å². The van der Waals surface area contributed by atoms with Crippen LogP contribution in [0.4, 0.5) is 11.4 Å². The minimum atomic E-state index is -0.445. The van der Waals surface area contributed by atoms with Crippen molar-refractivity contribution < 1.29 is 49.7 Å². The molecule has 0 radical (unpaired) electrons. The van der Waals surface area contributed by atoms with Crippen LogP contribution >= 0.6 is 11.6 Å². The molecule has 496 valence electrons. The van der Waals surface area contributed by atoms with Crippen molar-refractivity contribution in [3.8, 4) is 64.0 Å². The van der Waals surface area contributed by atoms with Crippen LogP contribution in [0, 0.1) is 33.8 Å². The molecule has 0 spiro atoms. The number of hydrogen-bond acceptors (Lipinski definition) is 15. The summed E-state index contributed by atoms with van der Waals surface area (Å²) in [6, 6.07) is 66.0. The Morgan fingerprint density at radius 1 is 0.327 bits per heavy atom. The SMILES string of the molecule is CC(C)(c1ccc(N=C=O)cc1)c1ccc(OC#N)c(Cc2cc(C(C)(C)c3ccc(N=C=O)cc3)ccc2OC#N)c1.CC(C)(c1ccc(O)cc1)c1ccc(O)c(Cc2cc(C(C)(C)c3ccc(O)cc3)ccc2O)c1.CC(C)(c1ccc(O)cc1)c1ccc(O)cc1.N#CCl. The van der Waals surface area contributed by atoms with E-state index >= 15 is 0 Å². The molecular formula is C82H76ClN5O10. The predicted octanol–water partition coefficient (Wildman–Crippen LogP) is 18.5. The molecule has 0 saturated carbocycles. The molecule has 0 saturated heterocycles. The van der Waals surface area contributed by atoms with Crippen molar-refractivity contribution in [2.75, 3.05) is 0 Å². The Morgan fingerprint density at radius 2 is 0.531 bits per heavy atom. The van der Waals surface area contributed by atoms with Crippen molar-refractivity contribution in [3.05, 3.63) is 296 Å². The average molecular weight is 1330 g/mol. The van der Waals surface area contributed by atoms with Gasteiger partial charge >= 0.3 is 0 Å². The van der Waals surface area contributed by atoms with Crippen LogP contribution in [0.15, 0.2) is 228 Å². The Morgan fingerprint density at radius 3 is 0.776 bits per heavy atom. The fourth-order valence-corrected chi connectivity index (χ4v) is 11.5. The number of nitrogens with zero attached hydrogens (tertiary/aromatic N) is 5. The van der Waals surface area contributed by atoms with Gasteiger partial charge in [0.05, 0.1) is 11.4 Å². The van der Waals surface area contributed by atoms with Crippen LogP contribution in [-0.4, -0.2) is 42.8 Å². The van der Waals surface area contributed by atoms with E-state index in [0.29, 0.717) is 35.7 Å². The van der Waals surface area contributed by atoms with E-state index in [-0.39, 0.29) is 50.7 Å². The van der Waals surface area contributed by atoms with Crippen LogP contribution < -0.4 is 9.47 Å². The summed E-state index contributed by atoms with van der Waals surface area (Å²) in [5, 5.41) is 85.0. The lowest BCUT2D eigenvalue weighted by molar-refractivity contribution is 0.461. The molecule has 98 heavy (non-hydrogen) atoms. The Balaban J connectivity index is 0.000000219. The van der Waals surface area contributed by atoms with E-state index < -0.39 is 10.8 Å². The summed E-state index contributed by atoms with van der Waals surface area (Å²) >= 11 is 4.30. The molecule has 10 rings (SSSR count). The number of benzene rings is 10. The summed E-state index contributed by atoms with van der Waals surface area (Å²) in [6.07, 6.45) is 7.34. The van der Waals surface area contributed by atoms with E-state index in [0.717, 1.165) is 77.9 Å². The predicted molar refractivity (Wildman–Crippen MR) is 380 cm³/mol. The third-order valence-corrected chi connectivity index (χ3v) is 18.1. The van der Waals surface area contributed by atoms with Gasteiger partial charge in [-0.05, 0) is 164 Å². The number of ether oxygens (including phenoxy) is 2. The highest BCUT2D eigenvalue weighted by Gasteiger charge is 2.30. The van der Waals surface area contributed by atoms with Gasteiger partial charge < -0.3 is 40.1 Å². The number of halogens is 1. The molecule has 0 aromatic heterocycles. The van der Waals surface area contributed by atoms with Crippen LogP contribution in [0.3, 0.4) is 0 Å². The lowest BCUT2D eigenvalue weighted by Crippen LogP contribution is -2.19. The molecule has 15 nitrogen and oxygen atoms in total. The summed E-state index contributed by atoms with van der Waals surface area (Å²) in [7, 11) is 0. The zero-order valence-electron chi connectivity index (χ0n) is 56.1. The zero-order valence-corrected chi connectivity index (χ0v) is 56.9. The van der Waals surface area contributed by atoms with Gasteiger partial charge in [0.1, 0.15) is 46.0 Å². The number of rotatable bonds is 18. The maximum Gasteiger partial charge on any atom is 0.292 e. The van der Waals surface area contributed by atoms with E-state index in [1.807, 2.05) is 121 Å². The molecule has 0 aliphatic rings. The van der Waals surface area contributed by atoms with E-state index in [2.05, 4.69) is 90.8 Å². The molecular weight excluding hydrogens is 1250 g/mol. The van der Waals surface area contributed by atoms with Crippen LogP contribution in [0.5, 0.6) is 46.0 Å². The van der Waals surface area contributed by atoms with Gasteiger partial charge in [0, 0.05) is 62.6 Å². The second kappa shape index (κ2) is 32.0. The molecule has 0 amide bonds.